The van der Waals surface area contributed by atoms with Gasteiger partial charge in [0, 0.05) is 38.0 Å². The minimum absolute atomic E-state index is 0.0298. The summed E-state index contributed by atoms with van der Waals surface area (Å²) in [5.41, 5.74) is 2.76. The standard InChI is InChI=1S/C23H25N3O6S/c1-32-20-7-4-18-15-25(12-10-17(18)14-20)33(30,31)13-11-24-23(29)16-2-5-19(6-3-16)26-21(27)8-9-22(26)28/h2-7,14H,8-13,15H2,1H3,(H,24,29). The highest BCUT2D eigenvalue weighted by molar-refractivity contribution is 7.89. The van der Waals surface area contributed by atoms with E-state index in [4.69, 9.17) is 4.74 Å². The molecule has 0 spiro atoms. The first-order valence-electron chi connectivity index (χ1n) is 10.7. The molecule has 2 aromatic rings. The molecule has 3 amide bonds. The number of carbonyl (C=O) groups is 3. The zero-order chi connectivity index (χ0) is 23.6. The van der Waals surface area contributed by atoms with Crippen molar-refractivity contribution in [2.45, 2.75) is 25.8 Å². The first-order chi connectivity index (χ1) is 15.8. The monoisotopic (exact) mass is 471 g/mol. The number of rotatable bonds is 7. The first kappa shape index (κ1) is 22.9. The van der Waals surface area contributed by atoms with Crippen molar-refractivity contribution < 1.29 is 27.5 Å². The summed E-state index contributed by atoms with van der Waals surface area (Å²) in [7, 11) is -1.95. The van der Waals surface area contributed by atoms with E-state index < -0.39 is 15.9 Å². The predicted molar refractivity (Wildman–Crippen MR) is 121 cm³/mol. The Bertz CT molecular complexity index is 1180. The lowest BCUT2D eigenvalue weighted by Crippen LogP contribution is -2.40. The van der Waals surface area contributed by atoms with E-state index in [1.54, 1.807) is 7.11 Å². The molecule has 0 aromatic heterocycles. The second kappa shape index (κ2) is 9.32. The Morgan fingerprint density at radius 3 is 2.36 bits per heavy atom. The Balaban J connectivity index is 1.31. The number of nitrogens with one attached hydrogen (secondary N) is 1. The molecule has 33 heavy (non-hydrogen) atoms. The molecule has 10 heteroatoms. The van der Waals surface area contributed by atoms with Crippen molar-refractivity contribution in [3.8, 4) is 5.75 Å². The average molecular weight is 472 g/mol. The van der Waals surface area contributed by atoms with Gasteiger partial charge in [-0.05, 0) is 53.9 Å². The smallest absolute Gasteiger partial charge is 0.251 e. The number of imide groups is 1. The molecule has 2 aliphatic heterocycles. The second-order valence-electron chi connectivity index (χ2n) is 7.96. The first-order valence-corrected chi connectivity index (χ1v) is 12.3. The van der Waals surface area contributed by atoms with Crippen LogP contribution in [0.1, 0.15) is 34.3 Å². The van der Waals surface area contributed by atoms with Gasteiger partial charge in [0.2, 0.25) is 21.8 Å². The molecule has 0 atom stereocenters. The van der Waals surface area contributed by atoms with Crippen LogP contribution in [-0.2, 0) is 32.6 Å². The van der Waals surface area contributed by atoms with Crippen molar-refractivity contribution in [1.82, 2.24) is 9.62 Å². The Kier molecular flexibility index (Phi) is 6.48. The molecule has 0 aliphatic carbocycles. The molecular formula is C23H25N3O6S. The summed E-state index contributed by atoms with van der Waals surface area (Å²) >= 11 is 0. The SMILES string of the molecule is COc1ccc2c(c1)CCN(S(=O)(=O)CCNC(=O)c1ccc(N3C(=O)CCC3=O)cc1)C2. The Morgan fingerprint density at radius 2 is 1.70 bits per heavy atom. The molecule has 0 bridgehead atoms. The van der Waals surface area contributed by atoms with Crippen LogP contribution in [0.5, 0.6) is 5.75 Å². The van der Waals surface area contributed by atoms with Crippen LogP contribution in [0.15, 0.2) is 42.5 Å². The Labute approximate surface area is 192 Å². The van der Waals surface area contributed by atoms with Crippen molar-refractivity contribution in [3.63, 3.8) is 0 Å². The minimum atomic E-state index is -3.54. The van der Waals surface area contributed by atoms with E-state index in [2.05, 4.69) is 5.32 Å². The van der Waals surface area contributed by atoms with E-state index in [1.165, 1.54) is 28.6 Å². The second-order valence-corrected chi connectivity index (χ2v) is 10.0. The molecule has 0 saturated carbocycles. The molecule has 0 radical (unpaired) electrons. The average Bonchev–Trinajstić information content (AvgIpc) is 3.16. The predicted octanol–water partition coefficient (Wildman–Crippen LogP) is 1.47. The van der Waals surface area contributed by atoms with Crippen LogP contribution in [0, 0.1) is 0 Å². The number of fused-ring (bicyclic) bond motifs is 1. The zero-order valence-corrected chi connectivity index (χ0v) is 19.1. The molecule has 1 N–H and O–H groups in total. The number of nitrogens with zero attached hydrogens (tertiary/aromatic N) is 2. The molecule has 1 saturated heterocycles. The fraction of sp³-hybridized carbons (Fsp3) is 0.348. The molecular weight excluding hydrogens is 446 g/mol. The van der Waals surface area contributed by atoms with Crippen LogP contribution < -0.4 is 15.0 Å². The number of hydrogen-bond donors (Lipinski definition) is 1. The van der Waals surface area contributed by atoms with Crippen molar-refractivity contribution in [1.29, 1.82) is 0 Å². The Hall–Kier alpha value is -3.24. The van der Waals surface area contributed by atoms with Crippen LogP contribution in [0.2, 0.25) is 0 Å². The van der Waals surface area contributed by atoms with Gasteiger partial charge in [-0.1, -0.05) is 6.07 Å². The number of sulfonamides is 1. The fourth-order valence-corrected chi connectivity index (χ4v) is 5.34. The zero-order valence-electron chi connectivity index (χ0n) is 18.2. The maximum atomic E-state index is 12.8. The molecule has 2 heterocycles. The lowest BCUT2D eigenvalue weighted by Gasteiger charge is -2.28. The Morgan fingerprint density at radius 1 is 1.00 bits per heavy atom. The quantitative estimate of drug-likeness (QED) is 0.612. The molecule has 4 rings (SSSR count). The van der Waals surface area contributed by atoms with Crippen molar-refractivity contribution in [2.75, 3.05) is 30.9 Å². The molecule has 174 valence electrons. The van der Waals surface area contributed by atoms with Crippen LogP contribution in [0.3, 0.4) is 0 Å². The van der Waals surface area contributed by atoms with E-state index in [-0.39, 0.29) is 37.0 Å². The van der Waals surface area contributed by atoms with Gasteiger partial charge in [0.05, 0.1) is 18.6 Å². The van der Waals surface area contributed by atoms with Crippen LogP contribution in [-0.4, -0.2) is 56.4 Å². The number of anilines is 1. The van der Waals surface area contributed by atoms with E-state index in [0.717, 1.165) is 21.8 Å². The summed E-state index contributed by atoms with van der Waals surface area (Å²) in [6, 6.07) is 11.7. The van der Waals surface area contributed by atoms with Gasteiger partial charge in [-0.3, -0.25) is 19.3 Å². The van der Waals surface area contributed by atoms with Gasteiger partial charge < -0.3 is 10.1 Å². The van der Waals surface area contributed by atoms with E-state index in [0.29, 0.717) is 30.8 Å². The molecule has 9 nitrogen and oxygen atoms in total. The molecule has 0 unspecified atom stereocenters. The summed E-state index contributed by atoms with van der Waals surface area (Å²) in [6.07, 6.45) is 0.977. The van der Waals surface area contributed by atoms with E-state index in [9.17, 15) is 22.8 Å². The van der Waals surface area contributed by atoms with Crippen molar-refractivity contribution >= 4 is 33.4 Å². The fourth-order valence-electron chi connectivity index (χ4n) is 4.02. The van der Waals surface area contributed by atoms with Gasteiger partial charge in [0.25, 0.3) is 5.91 Å². The topological polar surface area (TPSA) is 113 Å². The maximum Gasteiger partial charge on any atom is 0.251 e. The summed E-state index contributed by atoms with van der Waals surface area (Å²) in [5.74, 6) is -0.408. The third-order valence-corrected chi connectivity index (χ3v) is 7.69. The number of carbonyl (C=O) groups excluding carboxylic acids is 3. The number of benzene rings is 2. The van der Waals surface area contributed by atoms with Crippen LogP contribution in [0.25, 0.3) is 0 Å². The van der Waals surface area contributed by atoms with Gasteiger partial charge >= 0.3 is 0 Å². The van der Waals surface area contributed by atoms with Gasteiger partial charge in [0.15, 0.2) is 0 Å². The van der Waals surface area contributed by atoms with Crippen LogP contribution >= 0.6 is 0 Å². The highest BCUT2D eigenvalue weighted by Gasteiger charge is 2.30. The van der Waals surface area contributed by atoms with E-state index >= 15 is 0 Å². The van der Waals surface area contributed by atoms with Gasteiger partial charge in [-0.25, -0.2) is 8.42 Å². The maximum absolute atomic E-state index is 12.8. The third-order valence-electron chi connectivity index (χ3n) is 5.87. The van der Waals surface area contributed by atoms with Gasteiger partial charge in [-0.2, -0.15) is 4.31 Å². The molecule has 2 aliphatic rings. The van der Waals surface area contributed by atoms with Gasteiger partial charge in [-0.15, -0.1) is 0 Å². The number of hydrogen-bond acceptors (Lipinski definition) is 6. The summed E-state index contributed by atoms with van der Waals surface area (Å²) in [4.78, 5) is 37.2. The molecule has 1 fully saturated rings. The van der Waals surface area contributed by atoms with E-state index in [1.807, 2.05) is 18.2 Å². The van der Waals surface area contributed by atoms with Gasteiger partial charge in [0.1, 0.15) is 5.75 Å². The van der Waals surface area contributed by atoms with Crippen molar-refractivity contribution in [2.24, 2.45) is 0 Å². The highest BCUT2D eigenvalue weighted by Crippen LogP contribution is 2.25. The number of amides is 3. The summed E-state index contributed by atoms with van der Waals surface area (Å²) in [6.45, 7) is 0.648. The minimum Gasteiger partial charge on any atom is -0.497 e. The normalized spacial score (nSPS) is 16.6. The lowest BCUT2D eigenvalue weighted by atomic mass is 10.0. The number of ether oxygens (including phenoxy) is 1. The largest absolute Gasteiger partial charge is 0.497 e. The molecule has 2 aromatic carbocycles. The number of methoxy groups -OCH3 is 1. The summed E-state index contributed by atoms with van der Waals surface area (Å²) < 4.78 is 32.2. The summed E-state index contributed by atoms with van der Waals surface area (Å²) in [5, 5.41) is 2.63. The lowest BCUT2D eigenvalue weighted by molar-refractivity contribution is -0.121. The third kappa shape index (κ3) is 4.91. The highest BCUT2D eigenvalue weighted by atomic mass is 32.2. The van der Waals surface area contributed by atoms with Crippen molar-refractivity contribution in [3.05, 3.63) is 59.2 Å². The van der Waals surface area contributed by atoms with Crippen LogP contribution in [0.4, 0.5) is 5.69 Å².